The first-order valence-electron chi connectivity index (χ1n) is 13.1. The first-order valence-corrected chi connectivity index (χ1v) is 13.1. The third-order valence-electron chi connectivity index (χ3n) is 7.51. The van der Waals surface area contributed by atoms with Gasteiger partial charge in [0.1, 0.15) is 5.82 Å². The number of rotatable bonds is 6. The van der Waals surface area contributed by atoms with Gasteiger partial charge in [0.25, 0.3) is 0 Å². The van der Waals surface area contributed by atoms with Crippen molar-refractivity contribution in [2.45, 2.75) is 70.9 Å². The normalized spacial score (nSPS) is 19.1. The lowest BCUT2D eigenvalue weighted by atomic mass is 9.66. The predicted octanol–water partition coefficient (Wildman–Crippen LogP) is 7.80. The van der Waals surface area contributed by atoms with E-state index in [1.807, 2.05) is 20.8 Å². The van der Waals surface area contributed by atoms with Crippen LogP contribution in [-0.2, 0) is 23.7 Å². The molecule has 0 bridgehead atoms. The van der Waals surface area contributed by atoms with Crippen LogP contribution in [0.15, 0.2) is 42.5 Å². The lowest BCUT2D eigenvalue weighted by Crippen LogP contribution is -2.55. The molecule has 2 aromatic carbocycles. The highest BCUT2D eigenvalue weighted by atomic mass is 19.4. The summed E-state index contributed by atoms with van der Waals surface area (Å²) in [5, 5.41) is 9.91. The van der Waals surface area contributed by atoms with E-state index in [1.54, 1.807) is 0 Å². The molecule has 41 heavy (non-hydrogen) atoms. The Kier molecular flexibility index (Phi) is 9.34. The fraction of sp³-hybridized carbons (Fsp3) is 0.517. The molecule has 0 radical (unpaired) electrons. The number of carbonyl (C=O) groups is 2. The van der Waals surface area contributed by atoms with Crippen LogP contribution in [0.2, 0.25) is 0 Å². The Bertz CT molecular complexity index is 1200. The molecule has 12 heteroatoms. The summed E-state index contributed by atoms with van der Waals surface area (Å²) < 4.78 is 93.7. The Morgan fingerprint density at radius 1 is 0.976 bits per heavy atom. The molecule has 2 aromatic rings. The van der Waals surface area contributed by atoms with E-state index in [1.165, 1.54) is 36.2 Å². The average molecular weight is 591 g/mol. The molecular formula is C29H33F7N2O3. The van der Waals surface area contributed by atoms with E-state index in [0.717, 1.165) is 4.90 Å². The molecule has 1 saturated heterocycles. The molecule has 2 amide bonds. The van der Waals surface area contributed by atoms with Gasteiger partial charge in [-0.25, -0.2) is 9.18 Å². The Hall–Kier alpha value is -3.31. The number of carboxylic acid groups (broad SMARTS) is 1. The van der Waals surface area contributed by atoms with E-state index < -0.39 is 65.2 Å². The van der Waals surface area contributed by atoms with Crippen molar-refractivity contribution in [1.29, 1.82) is 0 Å². The minimum Gasteiger partial charge on any atom is -0.465 e. The van der Waals surface area contributed by atoms with Crippen molar-refractivity contribution in [3.8, 4) is 0 Å². The Morgan fingerprint density at radius 2 is 1.51 bits per heavy atom. The molecule has 1 fully saturated rings. The van der Waals surface area contributed by atoms with Crippen molar-refractivity contribution in [2.24, 2.45) is 11.3 Å². The van der Waals surface area contributed by atoms with Gasteiger partial charge in [-0.1, -0.05) is 32.9 Å². The molecule has 3 rings (SSSR count). The van der Waals surface area contributed by atoms with Gasteiger partial charge in [0, 0.05) is 32.6 Å². The van der Waals surface area contributed by atoms with Crippen molar-refractivity contribution >= 4 is 12.0 Å². The number of hydrogen-bond acceptors (Lipinski definition) is 2. The number of likely N-dealkylation sites (tertiary alicyclic amines) is 1. The topological polar surface area (TPSA) is 60.9 Å². The maximum absolute atomic E-state index is 13.8. The van der Waals surface area contributed by atoms with E-state index in [2.05, 4.69) is 0 Å². The van der Waals surface area contributed by atoms with Crippen LogP contribution >= 0.6 is 0 Å². The van der Waals surface area contributed by atoms with Gasteiger partial charge in [0.05, 0.1) is 11.1 Å². The second-order valence-corrected chi connectivity index (χ2v) is 11.6. The quantitative estimate of drug-likeness (QED) is 0.350. The van der Waals surface area contributed by atoms with Crippen LogP contribution in [0.1, 0.15) is 68.2 Å². The zero-order valence-electron chi connectivity index (χ0n) is 23.1. The smallest absolute Gasteiger partial charge is 0.416 e. The van der Waals surface area contributed by atoms with Crippen LogP contribution in [0.3, 0.4) is 0 Å². The van der Waals surface area contributed by atoms with E-state index in [-0.39, 0.29) is 24.0 Å². The SMILES string of the molecule is CN(Cc1cc(C(F)(F)F)cc(C(F)(F)F)c1)C(=O)CC(c1ccc(F)cc1)C1CCCN(C(=O)O)C1C(C)(C)C. The van der Waals surface area contributed by atoms with E-state index >= 15 is 0 Å². The number of carbonyl (C=O) groups excluding carboxylic acids is 1. The standard InChI is InChI=1S/C29H33F7N2O3/c1-27(2,3)25-22(6-5-11-38(25)26(40)41)23(18-7-9-21(30)10-8-18)15-24(39)37(4)16-17-12-19(28(31,32)33)14-20(13-17)29(34,35)36/h7-10,12-14,22-23,25H,5-6,11,15-16H2,1-4H3,(H,40,41). The Labute approximate surface area is 233 Å². The van der Waals surface area contributed by atoms with Gasteiger partial charge in [0.2, 0.25) is 5.91 Å². The van der Waals surface area contributed by atoms with Gasteiger partial charge in [0.15, 0.2) is 0 Å². The average Bonchev–Trinajstić information content (AvgIpc) is 2.85. The largest absolute Gasteiger partial charge is 0.465 e. The van der Waals surface area contributed by atoms with Crippen molar-refractivity contribution in [1.82, 2.24) is 9.80 Å². The Morgan fingerprint density at radius 3 is 1.98 bits per heavy atom. The monoisotopic (exact) mass is 590 g/mol. The van der Waals surface area contributed by atoms with Crippen LogP contribution in [0.4, 0.5) is 35.5 Å². The number of halogens is 7. The lowest BCUT2D eigenvalue weighted by Gasteiger charge is -2.49. The van der Waals surface area contributed by atoms with Crippen LogP contribution in [0, 0.1) is 17.2 Å². The molecule has 3 unspecified atom stereocenters. The molecule has 226 valence electrons. The molecule has 1 heterocycles. The first kappa shape index (κ1) is 32.2. The maximum Gasteiger partial charge on any atom is 0.416 e. The molecular weight excluding hydrogens is 557 g/mol. The van der Waals surface area contributed by atoms with Crippen LogP contribution in [0.25, 0.3) is 0 Å². The zero-order chi connectivity index (χ0) is 30.9. The highest BCUT2D eigenvalue weighted by Gasteiger charge is 2.45. The molecule has 3 atom stereocenters. The third kappa shape index (κ3) is 7.91. The summed E-state index contributed by atoms with van der Waals surface area (Å²) in [6, 6.07) is 6.14. The summed E-state index contributed by atoms with van der Waals surface area (Å²) in [5.41, 5.74) is -3.25. The fourth-order valence-corrected chi connectivity index (χ4v) is 5.81. The van der Waals surface area contributed by atoms with Crippen LogP contribution in [-0.4, -0.2) is 46.5 Å². The first-order chi connectivity index (χ1) is 18.8. The van der Waals surface area contributed by atoms with Crippen LogP contribution in [0.5, 0.6) is 0 Å². The number of alkyl halides is 6. The van der Waals surface area contributed by atoms with Gasteiger partial charge in [-0.05, 0) is 71.6 Å². The van der Waals surface area contributed by atoms with E-state index in [9.17, 15) is 45.4 Å². The highest BCUT2D eigenvalue weighted by molar-refractivity contribution is 5.77. The number of hydrogen-bond donors (Lipinski definition) is 1. The zero-order valence-corrected chi connectivity index (χ0v) is 23.1. The van der Waals surface area contributed by atoms with Gasteiger partial charge < -0.3 is 14.9 Å². The molecule has 5 nitrogen and oxygen atoms in total. The van der Waals surface area contributed by atoms with Crippen molar-refractivity contribution in [3.05, 3.63) is 70.5 Å². The summed E-state index contributed by atoms with van der Waals surface area (Å²) in [6.07, 6.45) is -10.3. The summed E-state index contributed by atoms with van der Waals surface area (Å²) in [6.45, 7) is 5.43. The maximum atomic E-state index is 13.8. The molecule has 0 saturated carbocycles. The molecule has 0 spiro atoms. The minimum atomic E-state index is -5.02. The lowest BCUT2D eigenvalue weighted by molar-refractivity contribution is -0.143. The van der Waals surface area contributed by atoms with Crippen molar-refractivity contribution in [2.75, 3.05) is 13.6 Å². The second kappa shape index (κ2) is 11.9. The molecule has 1 aliphatic heterocycles. The molecule has 1 aliphatic rings. The van der Waals surface area contributed by atoms with Gasteiger partial charge in [-0.15, -0.1) is 0 Å². The summed E-state index contributed by atoms with van der Waals surface area (Å²) in [4.78, 5) is 28.0. The van der Waals surface area contributed by atoms with E-state index in [0.29, 0.717) is 37.1 Å². The predicted molar refractivity (Wildman–Crippen MR) is 137 cm³/mol. The van der Waals surface area contributed by atoms with E-state index in [4.69, 9.17) is 0 Å². The second-order valence-electron chi connectivity index (χ2n) is 11.6. The Balaban J connectivity index is 1.96. The van der Waals surface area contributed by atoms with Crippen molar-refractivity contribution in [3.63, 3.8) is 0 Å². The number of nitrogens with zero attached hydrogens (tertiary/aromatic N) is 2. The third-order valence-corrected chi connectivity index (χ3v) is 7.51. The van der Waals surface area contributed by atoms with Crippen molar-refractivity contribution < 1.29 is 45.4 Å². The number of piperidine rings is 1. The summed E-state index contributed by atoms with van der Waals surface area (Å²) >= 11 is 0. The molecule has 0 aromatic heterocycles. The number of amides is 2. The van der Waals surface area contributed by atoms with Gasteiger partial charge in [-0.2, -0.15) is 26.3 Å². The molecule has 0 aliphatic carbocycles. The van der Waals surface area contributed by atoms with Gasteiger partial charge in [-0.3, -0.25) is 4.79 Å². The van der Waals surface area contributed by atoms with Gasteiger partial charge >= 0.3 is 18.4 Å². The highest BCUT2D eigenvalue weighted by Crippen LogP contribution is 2.45. The molecule has 1 N–H and O–H groups in total. The minimum absolute atomic E-state index is 0.0276. The summed E-state index contributed by atoms with van der Waals surface area (Å²) in [5.74, 6) is -2.04. The number of benzene rings is 2. The summed E-state index contributed by atoms with van der Waals surface area (Å²) in [7, 11) is 1.28. The van der Waals surface area contributed by atoms with Crippen LogP contribution < -0.4 is 0 Å². The fourth-order valence-electron chi connectivity index (χ4n) is 5.81.